The topological polar surface area (TPSA) is 89.9 Å². The summed E-state index contributed by atoms with van der Waals surface area (Å²) in [6, 6.07) is 5.05. The summed E-state index contributed by atoms with van der Waals surface area (Å²) in [6.45, 7) is 13.6. The molecule has 0 amide bonds. The summed E-state index contributed by atoms with van der Waals surface area (Å²) < 4.78 is 31.4. The molecule has 0 fully saturated rings. The third-order valence-corrected chi connectivity index (χ3v) is 8.42. The number of anilines is 1. The zero-order valence-corrected chi connectivity index (χ0v) is 19.8. The number of aromatic hydroxyl groups is 1. The monoisotopic (exact) mass is 436 g/mol. The lowest BCUT2D eigenvalue weighted by atomic mass is 10.1. The van der Waals surface area contributed by atoms with E-state index in [1.165, 1.54) is 6.07 Å². The van der Waals surface area contributed by atoms with E-state index in [0.717, 1.165) is 11.1 Å². The van der Waals surface area contributed by atoms with E-state index < -0.39 is 12.8 Å². The van der Waals surface area contributed by atoms with Gasteiger partial charge in [-0.25, -0.2) is 15.0 Å². The van der Waals surface area contributed by atoms with Crippen molar-refractivity contribution < 1.29 is 23.6 Å². The smallest absolute Gasteiger partial charge is 0.406 e. The Bertz CT molecular complexity index is 928. The molecule has 0 aliphatic carbocycles. The number of ether oxygens (including phenoxy) is 1. The molecule has 0 saturated carbocycles. The molecule has 1 atom stereocenters. The van der Waals surface area contributed by atoms with Crippen LogP contribution in [0, 0.1) is 20.8 Å². The Labute approximate surface area is 179 Å². The molecule has 166 valence electrons. The highest BCUT2D eigenvalue weighted by Gasteiger charge is 2.47. The van der Waals surface area contributed by atoms with Crippen molar-refractivity contribution in [2.45, 2.75) is 66.5 Å². The standard InChI is InChI=1S/C22H33N2O5P/c1-8-22(7,9-2)30(26,29-24-21-17(6)15(4)11-12-23-21)28-18-13-16(5)20(25)19(14-18)27-10-3/h11-14,25H,8-10H2,1-7H3,(H,23,24). The van der Waals surface area contributed by atoms with E-state index in [1.807, 2.05) is 47.6 Å². The number of phenols is 1. The summed E-state index contributed by atoms with van der Waals surface area (Å²) in [5.41, 5.74) is 5.27. The maximum Gasteiger partial charge on any atom is 0.406 e. The molecule has 30 heavy (non-hydrogen) atoms. The van der Waals surface area contributed by atoms with E-state index in [4.69, 9.17) is 13.9 Å². The number of nitrogens with one attached hydrogen (secondary N) is 1. The van der Waals surface area contributed by atoms with Crippen LogP contribution in [0.15, 0.2) is 24.4 Å². The van der Waals surface area contributed by atoms with Gasteiger partial charge in [0.15, 0.2) is 17.3 Å². The van der Waals surface area contributed by atoms with Gasteiger partial charge in [-0.05, 0) is 76.3 Å². The van der Waals surface area contributed by atoms with Crippen LogP contribution in [-0.4, -0.2) is 21.9 Å². The highest BCUT2D eigenvalue weighted by Crippen LogP contribution is 2.62. The Balaban J connectivity index is 2.43. The fourth-order valence-corrected chi connectivity index (χ4v) is 4.73. The molecule has 8 heteroatoms. The van der Waals surface area contributed by atoms with Crippen molar-refractivity contribution in [3.05, 3.63) is 41.1 Å². The van der Waals surface area contributed by atoms with Gasteiger partial charge in [-0.3, -0.25) is 0 Å². The average molecular weight is 436 g/mol. The van der Waals surface area contributed by atoms with Gasteiger partial charge < -0.3 is 14.4 Å². The molecule has 2 rings (SSSR count). The molecule has 2 aromatic rings. The predicted molar refractivity (Wildman–Crippen MR) is 120 cm³/mol. The molecule has 0 spiro atoms. The third-order valence-electron chi connectivity index (χ3n) is 5.69. The lowest BCUT2D eigenvalue weighted by molar-refractivity contribution is 0.277. The van der Waals surface area contributed by atoms with Crippen molar-refractivity contribution in [2.75, 3.05) is 12.1 Å². The van der Waals surface area contributed by atoms with Crippen molar-refractivity contribution in [2.24, 2.45) is 0 Å². The number of hydrogen-bond donors (Lipinski definition) is 2. The zero-order chi connectivity index (χ0) is 22.5. The number of phenolic OH excluding ortho intramolecular Hbond substituents is 1. The summed E-state index contributed by atoms with van der Waals surface area (Å²) in [4.78, 5) is 4.28. The lowest BCUT2D eigenvalue weighted by Crippen LogP contribution is -2.28. The van der Waals surface area contributed by atoms with E-state index in [1.54, 1.807) is 19.2 Å². The maximum absolute atomic E-state index is 14.1. The van der Waals surface area contributed by atoms with Gasteiger partial charge in [-0.1, -0.05) is 13.8 Å². The second-order valence-corrected chi connectivity index (χ2v) is 10.0. The van der Waals surface area contributed by atoms with Crippen LogP contribution in [0.1, 0.15) is 57.2 Å². The molecular weight excluding hydrogens is 403 g/mol. The Morgan fingerprint density at radius 1 is 1.13 bits per heavy atom. The van der Waals surface area contributed by atoms with Gasteiger partial charge in [0, 0.05) is 12.3 Å². The van der Waals surface area contributed by atoms with Crippen molar-refractivity contribution in [1.82, 2.24) is 4.98 Å². The van der Waals surface area contributed by atoms with Crippen LogP contribution in [0.3, 0.4) is 0 Å². The number of pyridine rings is 1. The fraction of sp³-hybridized carbons (Fsp3) is 0.500. The van der Waals surface area contributed by atoms with E-state index in [0.29, 0.717) is 36.6 Å². The first kappa shape index (κ1) is 24.0. The van der Waals surface area contributed by atoms with Crippen LogP contribution in [0.4, 0.5) is 5.82 Å². The second-order valence-electron chi connectivity index (χ2n) is 7.61. The van der Waals surface area contributed by atoms with Gasteiger partial charge in [-0.15, -0.1) is 0 Å². The average Bonchev–Trinajstić information content (AvgIpc) is 2.72. The van der Waals surface area contributed by atoms with Crippen LogP contribution < -0.4 is 14.7 Å². The van der Waals surface area contributed by atoms with Gasteiger partial charge in [0.05, 0.1) is 11.8 Å². The summed E-state index contributed by atoms with van der Waals surface area (Å²) in [5.74, 6) is 1.11. The number of hydrogen-bond acceptors (Lipinski definition) is 7. The summed E-state index contributed by atoms with van der Waals surface area (Å²) in [6.07, 6.45) is 2.83. The SMILES string of the molecule is CCOc1cc(OP(=O)(ONc2nccc(C)c2C)C(C)(CC)CC)cc(C)c1O. The fourth-order valence-electron chi connectivity index (χ4n) is 2.89. The Morgan fingerprint density at radius 2 is 1.80 bits per heavy atom. The van der Waals surface area contributed by atoms with Crippen LogP contribution in [0.5, 0.6) is 17.2 Å². The van der Waals surface area contributed by atoms with Crippen LogP contribution in [-0.2, 0) is 9.19 Å². The first-order chi connectivity index (χ1) is 14.1. The molecule has 1 unspecified atom stereocenters. The summed E-state index contributed by atoms with van der Waals surface area (Å²) >= 11 is 0. The molecule has 1 aromatic heterocycles. The molecule has 0 bridgehead atoms. The van der Waals surface area contributed by atoms with Gasteiger partial charge in [-0.2, -0.15) is 4.62 Å². The molecule has 1 aromatic carbocycles. The molecule has 0 radical (unpaired) electrons. The quantitative estimate of drug-likeness (QED) is 0.333. The van der Waals surface area contributed by atoms with Gasteiger partial charge in [0.2, 0.25) is 0 Å². The van der Waals surface area contributed by atoms with Crippen molar-refractivity contribution >= 4 is 13.4 Å². The molecule has 1 heterocycles. The lowest BCUT2D eigenvalue weighted by Gasteiger charge is -2.34. The largest absolute Gasteiger partial charge is 0.504 e. The van der Waals surface area contributed by atoms with Gasteiger partial charge >= 0.3 is 7.60 Å². The Kier molecular flexibility index (Phi) is 7.78. The molecule has 0 saturated heterocycles. The third kappa shape index (κ3) is 4.90. The number of benzene rings is 1. The van der Waals surface area contributed by atoms with Crippen LogP contribution in [0.2, 0.25) is 0 Å². The molecule has 2 N–H and O–H groups in total. The first-order valence-electron chi connectivity index (χ1n) is 10.2. The van der Waals surface area contributed by atoms with E-state index in [2.05, 4.69) is 10.5 Å². The first-order valence-corrected chi connectivity index (χ1v) is 11.8. The van der Waals surface area contributed by atoms with Crippen LogP contribution in [0.25, 0.3) is 0 Å². The minimum atomic E-state index is -3.73. The van der Waals surface area contributed by atoms with Crippen LogP contribution >= 0.6 is 7.60 Å². The van der Waals surface area contributed by atoms with E-state index >= 15 is 0 Å². The molecule has 7 nitrogen and oxygen atoms in total. The van der Waals surface area contributed by atoms with Crippen molar-refractivity contribution in [3.63, 3.8) is 0 Å². The predicted octanol–water partition coefficient (Wildman–Crippen LogP) is 6.31. The van der Waals surface area contributed by atoms with Gasteiger partial charge in [0.1, 0.15) is 5.75 Å². The second kappa shape index (κ2) is 9.71. The van der Waals surface area contributed by atoms with E-state index in [9.17, 15) is 9.67 Å². The number of nitrogens with zero attached hydrogens (tertiary/aromatic N) is 1. The van der Waals surface area contributed by atoms with Gasteiger partial charge in [0.25, 0.3) is 0 Å². The van der Waals surface area contributed by atoms with Crippen molar-refractivity contribution in [1.29, 1.82) is 0 Å². The van der Waals surface area contributed by atoms with Crippen molar-refractivity contribution in [3.8, 4) is 17.2 Å². The number of rotatable bonds is 10. The summed E-state index contributed by atoms with van der Waals surface area (Å²) in [7, 11) is -3.73. The Hall–Kier alpha value is -2.24. The zero-order valence-electron chi connectivity index (χ0n) is 18.9. The molecule has 0 aliphatic heterocycles. The van der Waals surface area contributed by atoms with E-state index in [-0.39, 0.29) is 11.5 Å². The number of aryl methyl sites for hydroxylation is 2. The number of aromatic nitrogens is 1. The highest BCUT2D eigenvalue weighted by atomic mass is 31.2. The Morgan fingerprint density at radius 3 is 2.40 bits per heavy atom. The minimum Gasteiger partial charge on any atom is -0.504 e. The normalized spacial score (nSPS) is 13.6. The summed E-state index contributed by atoms with van der Waals surface area (Å²) in [5, 5.41) is 9.47. The molecular formula is C22H33N2O5P. The minimum absolute atomic E-state index is 0.0337. The molecule has 0 aliphatic rings. The maximum atomic E-state index is 14.1. The highest BCUT2D eigenvalue weighted by molar-refractivity contribution is 7.56.